The van der Waals surface area contributed by atoms with Gasteiger partial charge in [0.2, 0.25) is 5.91 Å². The van der Waals surface area contributed by atoms with Crippen LogP contribution in [0, 0.1) is 5.92 Å². The van der Waals surface area contributed by atoms with Crippen molar-refractivity contribution in [2.75, 3.05) is 39.3 Å². The number of hydrazine groups is 1. The third kappa shape index (κ3) is 6.97. The van der Waals surface area contributed by atoms with E-state index in [1.165, 1.54) is 50.6 Å². The summed E-state index contributed by atoms with van der Waals surface area (Å²) in [7, 11) is 2.90. The number of carbonyl (C=O) groups excluding carboxylic acids is 5. The van der Waals surface area contributed by atoms with Gasteiger partial charge in [0.25, 0.3) is 11.8 Å². The molecule has 0 aromatic heterocycles. The molecule has 1 saturated heterocycles. The van der Waals surface area contributed by atoms with Crippen molar-refractivity contribution in [2.24, 2.45) is 5.92 Å². The first-order chi connectivity index (χ1) is 17.7. The van der Waals surface area contributed by atoms with E-state index >= 15 is 0 Å². The molecule has 3 amide bonds. The van der Waals surface area contributed by atoms with Gasteiger partial charge in [-0.25, -0.2) is 4.79 Å². The lowest BCUT2D eigenvalue weighted by Gasteiger charge is -2.18. The monoisotopic (exact) mass is 513 g/mol. The Labute approximate surface area is 212 Å². The number of rotatable bonds is 10. The van der Waals surface area contributed by atoms with Crippen LogP contribution in [0.2, 0.25) is 0 Å². The Morgan fingerprint density at radius 3 is 2.27 bits per heavy atom. The molecule has 12 heteroatoms. The molecule has 0 unspecified atom stereocenters. The second-order valence-corrected chi connectivity index (χ2v) is 7.87. The molecule has 1 aliphatic rings. The van der Waals surface area contributed by atoms with Gasteiger partial charge < -0.3 is 24.3 Å². The van der Waals surface area contributed by atoms with Crippen LogP contribution in [-0.4, -0.2) is 68.6 Å². The highest BCUT2D eigenvalue weighted by Gasteiger charge is 2.36. The number of anilines is 1. The molecule has 37 heavy (non-hydrogen) atoms. The Balaban J connectivity index is 1.48. The summed E-state index contributed by atoms with van der Waals surface area (Å²) in [4.78, 5) is 61.1. The average molecular weight is 514 g/mol. The molecule has 1 atom stereocenters. The van der Waals surface area contributed by atoms with Crippen LogP contribution >= 0.6 is 0 Å². The number of hydrogen-bond acceptors (Lipinski definition) is 9. The van der Waals surface area contributed by atoms with E-state index in [-0.39, 0.29) is 25.1 Å². The average Bonchev–Trinajstić information content (AvgIpc) is 3.27. The number of hydrogen-bond donors (Lipinski definition) is 2. The van der Waals surface area contributed by atoms with Crippen molar-refractivity contribution < 1.29 is 42.9 Å². The van der Waals surface area contributed by atoms with Gasteiger partial charge in [0.1, 0.15) is 0 Å². The van der Waals surface area contributed by atoms with Crippen LogP contribution in [0.1, 0.15) is 34.1 Å². The standard InChI is InChI=1S/C25H27N3O9/c1-4-36-24(32)15-5-8-18(9-6-15)26-21(29)14-37-25(33)17-12-22(30)28(13-17)27-23(31)16-7-10-19(34-2)20(11-16)35-3/h5-11,17H,4,12-14H2,1-3H3,(H,26,29)(H,27,31)/t17-/m0/s1. The quantitative estimate of drug-likeness (QED) is 0.451. The third-order valence-corrected chi connectivity index (χ3v) is 5.37. The largest absolute Gasteiger partial charge is 0.493 e. The second-order valence-electron chi connectivity index (χ2n) is 7.87. The summed E-state index contributed by atoms with van der Waals surface area (Å²) in [6, 6.07) is 10.5. The summed E-state index contributed by atoms with van der Waals surface area (Å²) >= 11 is 0. The van der Waals surface area contributed by atoms with Gasteiger partial charge in [-0.1, -0.05) is 0 Å². The number of benzene rings is 2. The molecule has 2 aromatic carbocycles. The van der Waals surface area contributed by atoms with Gasteiger partial charge in [0.15, 0.2) is 18.1 Å². The zero-order valence-electron chi connectivity index (χ0n) is 20.6. The van der Waals surface area contributed by atoms with E-state index < -0.39 is 42.2 Å². The minimum Gasteiger partial charge on any atom is -0.493 e. The van der Waals surface area contributed by atoms with Crippen molar-refractivity contribution in [3.8, 4) is 11.5 Å². The maximum Gasteiger partial charge on any atom is 0.338 e. The lowest BCUT2D eigenvalue weighted by Crippen LogP contribution is -2.43. The van der Waals surface area contributed by atoms with Gasteiger partial charge in [0, 0.05) is 17.7 Å². The summed E-state index contributed by atoms with van der Waals surface area (Å²) in [5.41, 5.74) is 3.42. The molecule has 0 bridgehead atoms. The van der Waals surface area contributed by atoms with Crippen LogP contribution in [0.3, 0.4) is 0 Å². The molecule has 196 valence electrons. The number of methoxy groups -OCH3 is 2. The first kappa shape index (κ1) is 27.0. The topological polar surface area (TPSA) is 150 Å². The number of ether oxygens (including phenoxy) is 4. The number of nitrogens with zero attached hydrogens (tertiary/aromatic N) is 1. The minimum atomic E-state index is -0.852. The molecule has 0 aliphatic carbocycles. The molecule has 1 heterocycles. The van der Waals surface area contributed by atoms with Crippen molar-refractivity contribution in [1.29, 1.82) is 0 Å². The molecule has 0 saturated carbocycles. The van der Waals surface area contributed by atoms with Gasteiger partial charge in [0.05, 0.1) is 38.9 Å². The molecule has 1 aliphatic heterocycles. The lowest BCUT2D eigenvalue weighted by molar-refractivity contribution is -0.151. The molecule has 3 rings (SSSR count). The highest BCUT2D eigenvalue weighted by Crippen LogP contribution is 2.27. The van der Waals surface area contributed by atoms with E-state index in [1.807, 2.05) is 0 Å². The zero-order valence-corrected chi connectivity index (χ0v) is 20.6. The first-order valence-electron chi connectivity index (χ1n) is 11.3. The van der Waals surface area contributed by atoms with E-state index in [4.69, 9.17) is 18.9 Å². The van der Waals surface area contributed by atoms with Gasteiger partial charge in [-0.3, -0.25) is 29.6 Å². The van der Waals surface area contributed by atoms with Gasteiger partial charge in [-0.15, -0.1) is 0 Å². The predicted molar refractivity (Wildman–Crippen MR) is 129 cm³/mol. The molecule has 0 spiro atoms. The van der Waals surface area contributed by atoms with Gasteiger partial charge >= 0.3 is 11.9 Å². The van der Waals surface area contributed by atoms with Crippen molar-refractivity contribution in [1.82, 2.24) is 10.4 Å². The highest BCUT2D eigenvalue weighted by molar-refractivity contribution is 5.97. The number of esters is 2. The van der Waals surface area contributed by atoms with E-state index in [0.29, 0.717) is 22.7 Å². The predicted octanol–water partition coefficient (Wildman–Crippen LogP) is 1.56. The molecule has 1 fully saturated rings. The van der Waals surface area contributed by atoms with E-state index in [2.05, 4.69) is 10.7 Å². The SMILES string of the molecule is CCOC(=O)c1ccc(NC(=O)COC(=O)[C@H]2CC(=O)N(NC(=O)c3ccc(OC)c(OC)c3)C2)cc1. The molecule has 2 N–H and O–H groups in total. The summed E-state index contributed by atoms with van der Waals surface area (Å²) in [5, 5.41) is 3.58. The summed E-state index contributed by atoms with van der Waals surface area (Å²) < 4.78 is 20.3. The smallest absolute Gasteiger partial charge is 0.338 e. The summed E-state index contributed by atoms with van der Waals surface area (Å²) in [6.07, 6.45) is -0.179. The molecular formula is C25H27N3O9. The summed E-state index contributed by atoms with van der Waals surface area (Å²) in [5.74, 6) is -2.93. The van der Waals surface area contributed by atoms with Crippen LogP contribution in [0.25, 0.3) is 0 Å². The van der Waals surface area contributed by atoms with Crippen LogP contribution < -0.4 is 20.2 Å². The van der Waals surface area contributed by atoms with E-state index in [0.717, 1.165) is 5.01 Å². The van der Waals surface area contributed by atoms with Crippen LogP contribution in [0.4, 0.5) is 5.69 Å². The molecule has 12 nitrogen and oxygen atoms in total. The highest BCUT2D eigenvalue weighted by atomic mass is 16.5. The minimum absolute atomic E-state index is 0.104. The maximum atomic E-state index is 12.6. The maximum absolute atomic E-state index is 12.6. The van der Waals surface area contributed by atoms with Gasteiger partial charge in [-0.2, -0.15) is 0 Å². The third-order valence-electron chi connectivity index (χ3n) is 5.37. The van der Waals surface area contributed by atoms with Crippen LogP contribution in [-0.2, 0) is 23.9 Å². The Morgan fingerprint density at radius 1 is 0.946 bits per heavy atom. The van der Waals surface area contributed by atoms with Crippen LogP contribution in [0.15, 0.2) is 42.5 Å². The first-order valence-corrected chi connectivity index (χ1v) is 11.3. The van der Waals surface area contributed by atoms with Crippen molar-refractivity contribution in [2.45, 2.75) is 13.3 Å². The molecule has 0 radical (unpaired) electrons. The fraction of sp³-hybridized carbons (Fsp3) is 0.320. The normalized spacial score (nSPS) is 14.5. The van der Waals surface area contributed by atoms with Crippen molar-refractivity contribution >= 4 is 35.3 Å². The Hall–Kier alpha value is -4.61. The van der Waals surface area contributed by atoms with Gasteiger partial charge in [-0.05, 0) is 49.4 Å². The second kappa shape index (κ2) is 12.4. The number of carbonyl (C=O) groups is 5. The Kier molecular flexibility index (Phi) is 9.03. The molecule has 2 aromatic rings. The molecular weight excluding hydrogens is 486 g/mol. The lowest BCUT2D eigenvalue weighted by atomic mass is 10.1. The zero-order chi connectivity index (χ0) is 26.9. The van der Waals surface area contributed by atoms with E-state index in [9.17, 15) is 24.0 Å². The van der Waals surface area contributed by atoms with Crippen molar-refractivity contribution in [3.05, 3.63) is 53.6 Å². The summed E-state index contributed by atoms with van der Waals surface area (Å²) in [6.45, 7) is 1.27. The Bertz CT molecular complexity index is 1180. The number of amides is 3. The fourth-order valence-electron chi connectivity index (χ4n) is 3.49. The number of nitrogens with one attached hydrogen (secondary N) is 2. The van der Waals surface area contributed by atoms with Crippen LogP contribution in [0.5, 0.6) is 11.5 Å². The Morgan fingerprint density at radius 2 is 1.62 bits per heavy atom. The fourth-order valence-corrected chi connectivity index (χ4v) is 3.49. The van der Waals surface area contributed by atoms with Crippen molar-refractivity contribution in [3.63, 3.8) is 0 Å². The van der Waals surface area contributed by atoms with E-state index in [1.54, 1.807) is 13.0 Å².